The molecule has 1 N–H and O–H groups in total. The van der Waals surface area contributed by atoms with Gasteiger partial charge < -0.3 is 14.0 Å². The number of anilines is 1. The molecule has 3 heterocycles. The van der Waals surface area contributed by atoms with Gasteiger partial charge >= 0.3 is 6.18 Å². The number of pyridine rings is 2. The van der Waals surface area contributed by atoms with Gasteiger partial charge in [0, 0.05) is 43.6 Å². The van der Waals surface area contributed by atoms with Crippen molar-refractivity contribution in [2.75, 3.05) is 19.5 Å². The van der Waals surface area contributed by atoms with Crippen LogP contribution in [0.15, 0.2) is 46.9 Å². The molecule has 0 spiro atoms. The molecular formula is C25H25F3N4O4. The molecule has 1 aliphatic carbocycles. The standard InChI is InChI=1S/C25H25F3N4O4/c1-24(2,25(26,27)28)21-11-23(36-32-21)31-22(33)7-14-5-6-17(29-12-14)16-8-15-9-19(34-3)20(35-4)10-18(15)30-13-16/h5-6,8,10-13,19H,7,9H2,1-4H3,(H,31,33). The van der Waals surface area contributed by atoms with E-state index in [2.05, 4.69) is 20.4 Å². The second-order valence-corrected chi connectivity index (χ2v) is 8.92. The van der Waals surface area contributed by atoms with Crippen molar-refractivity contribution in [1.29, 1.82) is 0 Å². The van der Waals surface area contributed by atoms with Gasteiger partial charge in [0.2, 0.25) is 11.8 Å². The maximum Gasteiger partial charge on any atom is 0.399 e. The number of ether oxygens (including phenoxy) is 2. The van der Waals surface area contributed by atoms with E-state index in [9.17, 15) is 18.0 Å². The molecule has 8 nitrogen and oxygen atoms in total. The van der Waals surface area contributed by atoms with Crippen LogP contribution in [0, 0.1) is 0 Å². The number of methoxy groups -OCH3 is 2. The van der Waals surface area contributed by atoms with Crippen LogP contribution in [0.3, 0.4) is 0 Å². The molecule has 0 fully saturated rings. The number of hydrogen-bond acceptors (Lipinski definition) is 7. The number of nitrogens with zero attached hydrogens (tertiary/aromatic N) is 3. The van der Waals surface area contributed by atoms with E-state index in [1.165, 1.54) is 0 Å². The highest BCUT2D eigenvalue weighted by molar-refractivity contribution is 5.91. The zero-order valence-electron chi connectivity index (χ0n) is 20.1. The first-order valence-electron chi connectivity index (χ1n) is 11.1. The van der Waals surface area contributed by atoms with Crippen molar-refractivity contribution >= 4 is 17.9 Å². The monoisotopic (exact) mass is 502 g/mol. The highest BCUT2D eigenvalue weighted by atomic mass is 19.4. The molecule has 0 bridgehead atoms. The van der Waals surface area contributed by atoms with Gasteiger partial charge in [-0.15, -0.1) is 0 Å². The Hall–Kier alpha value is -3.73. The fourth-order valence-corrected chi connectivity index (χ4v) is 3.71. The lowest BCUT2D eigenvalue weighted by molar-refractivity contribution is -0.181. The number of fused-ring (bicyclic) bond motifs is 1. The third kappa shape index (κ3) is 5.11. The zero-order valence-corrected chi connectivity index (χ0v) is 20.1. The first kappa shape index (κ1) is 25.4. The molecule has 1 aliphatic rings. The van der Waals surface area contributed by atoms with Gasteiger partial charge in [0.05, 0.1) is 24.9 Å². The van der Waals surface area contributed by atoms with Crippen molar-refractivity contribution in [3.8, 4) is 11.3 Å². The molecule has 11 heteroatoms. The van der Waals surface area contributed by atoms with Gasteiger partial charge in [-0.3, -0.25) is 20.1 Å². The third-order valence-electron chi connectivity index (χ3n) is 6.13. The lowest BCUT2D eigenvalue weighted by atomic mass is 9.89. The molecule has 0 radical (unpaired) electrons. The predicted molar refractivity (Wildman–Crippen MR) is 125 cm³/mol. The summed E-state index contributed by atoms with van der Waals surface area (Å²) in [6.45, 7) is 1.98. The molecule has 0 saturated heterocycles. The van der Waals surface area contributed by atoms with E-state index in [0.717, 1.165) is 42.5 Å². The number of nitrogens with one attached hydrogen (secondary N) is 1. The van der Waals surface area contributed by atoms with Gasteiger partial charge in [0.25, 0.3) is 0 Å². The van der Waals surface area contributed by atoms with Gasteiger partial charge in [-0.2, -0.15) is 13.2 Å². The summed E-state index contributed by atoms with van der Waals surface area (Å²) in [5.41, 5.74) is 1.40. The second-order valence-electron chi connectivity index (χ2n) is 8.92. The number of carbonyl (C=O) groups is 1. The first-order valence-corrected chi connectivity index (χ1v) is 11.1. The maximum atomic E-state index is 13.2. The smallest absolute Gasteiger partial charge is 0.399 e. The van der Waals surface area contributed by atoms with Crippen molar-refractivity contribution in [3.63, 3.8) is 0 Å². The SMILES string of the molecule is COC1=Cc2ncc(-c3ccc(CC(=O)Nc4cc(C(C)(C)C(F)(F)F)no4)cn3)cc2CC1OC. The van der Waals surface area contributed by atoms with Crippen LogP contribution in [0.1, 0.15) is 36.4 Å². The Kier molecular flexibility index (Phi) is 6.85. The van der Waals surface area contributed by atoms with Crippen molar-refractivity contribution in [2.24, 2.45) is 0 Å². The van der Waals surface area contributed by atoms with E-state index in [1.54, 1.807) is 38.7 Å². The lowest BCUT2D eigenvalue weighted by Gasteiger charge is -2.24. The average Bonchev–Trinajstić information content (AvgIpc) is 3.31. The van der Waals surface area contributed by atoms with E-state index in [1.807, 2.05) is 12.1 Å². The number of carbonyl (C=O) groups excluding carboxylic acids is 1. The Morgan fingerprint density at radius 1 is 1.17 bits per heavy atom. The minimum absolute atomic E-state index is 0.0471. The van der Waals surface area contributed by atoms with Gasteiger partial charge in [-0.05, 0) is 37.1 Å². The molecule has 36 heavy (non-hydrogen) atoms. The number of amides is 1. The Labute approximate surface area is 205 Å². The number of aromatic nitrogens is 3. The third-order valence-corrected chi connectivity index (χ3v) is 6.13. The van der Waals surface area contributed by atoms with Crippen LogP contribution in [-0.4, -0.2) is 47.5 Å². The summed E-state index contributed by atoms with van der Waals surface area (Å²) in [5, 5.41) is 5.89. The number of alkyl halides is 3. The van der Waals surface area contributed by atoms with Crippen LogP contribution in [0.4, 0.5) is 19.1 Å². The lowest BCUT2D eigenvalue weighted by Crippen LogP contribution is -2.36. The van der Waals surface area contributed by atoms with E-state index in [0.29, 0.717) is 17.7 Å². The molecule has 190 valence electrons. The zero-order chi connectivity index (χ0) is 26.1. The molecule has 1 unspecified atom stereocenters. The molecule has 0 aromatic carbocycles. The van der Waals surface area contributed by atoms with Crippen LogP contribution >= 0.6 is 0 Å². The summed E-state index contributed by atoms with van der Waals surface area (Å²) in [6.07, 6.45) is 1.01. The summed E-state index contributed by atoms with van der Waals surface area (Å²) in [5.74, 6) is 0.0903. The quantitative estimate of drug-likeness (QED) is 0.500. The molecule has 1 amide bonds. The van der Waals surface area contributed by atoms with E-state index in [4.69, 9.17) is 14.0 Å². The number of rotatable bonds is 7. The Morgan fingerprint density at radius 3 is 2.58 bits per heavy atom. The Morgan fingerprint density at radius 2 is 1.94 bits per heavy atom. The summed E-state index contributed by atoms with van der Waals surface area (Å²) >= 11 is 0. The number of halogens is 3. The van der Waals surface area contributed by atoms with E-state index >= 15 is 0 Å². The fourth-order valence-electron chi connectivity index (χ4n) is 3.71. The molecule has 3 aromatic heterocycles. The summed E-state index contributed by atoms with van der Waals surface area (Å²) < 4.78 is 55.3. The Balaban J connectivity index is 1.42. The minimum atomic E-state index is -4.51. The predicted octanol–water partition coefficient (Wildman–Crippen LogP) is 4.71. The highest BCUT2D eigenvalue weighted by Crippen LogP contribution is 2.40. The van der Waals surface area contributed by atoms with E-state index < -0.39 is 17.5 Å². The highest BCUT2D eigenvalue weighted by Gasteiger charge is 2.50. The normalized spacial score (nSPS) is 15.8. The van der Waals surface area contributed by atoms with Crippen LogP contribution in [0.2, 0.25) is 0 Å². The van der Waals surface area contributed by atoms with Gasteiger partial charge in [-0.25, -0.2) is 0 Å². The molecular weight excluding hydrogens is 477 g/mol. The van der Waals surface area contributed by atoms with Crippen LogP contribution < -0.4 is 5.32 Å². The van der Waals surface area contributed by atoms with Gasteiger partial charge in [0.1, 0.15) is 23.0 Å². The van der Waals surface area contributed by atoms with Crippen molar-refractivity contribution < 1.29 is 32.0 Å². The van der Waals surface area contributed by atoms with E-state index in [-0.39, 0.29) is 24.1 Å². The van der Waals surface area contributed by atoms with Crippen LogP contribution in [-0.2, 0) is 32.5 Å². The van der Waals surface area contributed by atoms with Crippen molar-refractivity contribution in [3.05, 3.63) is 64.9 Å². The van der Waals surface area contributed by atoms with Gasteiger partial charge in [-0.1, -0.05) is 11.2 Å². The Bertz CT molecular complexity index is 1280. The maximum absolute atomic E-state index is 13.2. The number of hydrogen-bond donors (Lipinski definition) is 1. The molecule has 1 atom stereocenters. The minimum Gasteiger partial charge on any atom is -0.498 e. The molecule has 0 aliphatic heterocycles. The molecule has 3 aromatic rings. The van der Waals surface area contributed by atoms with Crippen LogP contribution in [0.25, 0.3) is 17.3 Å². The molecule has 4 rings (SSSR count). The first-order chi connectivity index (χ1) is 17.0. The van der Waals surface area contributed by atoms with Crippen molar-refractivity contribution in [2.45, 2.75) is 44.4 Å². The van der Waals surface area contributed by atoms with Crippen LogP contribution in [0.5, 0.6) is 0 Å². The summed E-state index contributed by atoms with van der Waals surface area (Å²) in [7, 11) is 3.22. The van der Waals surface area contributed by atoms with Gasteiger partial charge in [0.15, 0.2) is 0 Å². The summed E-state index contributed by atoms with van der Waals surface area (Å²) in [6, 6.07) is 6.60. The topological polar surface area (TPSA) is 99.4 Å². The second kappa shape index (κ2) is 9.73. The van der Waals surface area contributed by atoms with Crippen molar-refractivity contribution in [1.82, 2.24) is 15.1 Å². The molecule has 0 saturated carbocycles. The largest absolute Gasteiger partial charge is 0.498 e. The summed E-state index contributed by atoms with van der Waals surface area (Å²) in [4.78, 5) is 21.3. The average molecular weight is 502 g/mol. The fraction of sp³-hybridized carbons (Fsp3) is 0.360.